The summed E-state index contributed by atoms with van der Waals surface area (Å²) in [6.45, 7) is 0. The molecule has 1 atom stereocenters. The Labute approximate surface area is 156 Å². The van der Waals surface area contributed by atoms with Crippen LogP contribution in [0.15, 0.2) is 66.7 Å². The van der Waals surface area contributed by atoms with Crippen molar-refractivity contribution in [2.45, 2.75) is 18.4 Å². The lowest BCUT2D eigenvalue weighted by Crippen LogP contribution is -2.42. The Bertz CT molecular complexity index is 931. The molecule has 3 rings (SSSR count). The summed E-state index contributed by atoms with van der Waals surface area (Å²) in [4.78, 5) is 23.2. The summed E-state index contributed by atoms with van der Waals surface area (Å²) in [6.07, 6.45) is 0.760. The maximum Gasteiger partial charge on any atom is 0.352 e. The summed E-state index contributed by atoms with van der Waals surface area (Å²) in [5, 5.41) is 12.3. The average molecular weight is 369 g/mol. The number of aliphatic carboxylic acids is 1. The van der Waals surface area contributed by atoms with Crippen molar-refractivity contribution in [3.8, 4) is 5.75 Å². The summed E-state index contributed by atoms with van der Waals surface area (Å²) in [7, 11) is 0. The van der Waals surface area contributed by atoms with E-state index in [1.54, 1.807) is 30.3 Å². The lowest BCUT2D eigenvalue weighted by atomic mass is 9.88. The molecule has 4 nitrogen and oxygen atoms in total. The number of halogens is 1. The second-order valence-electron chi connectivity index (χ2n) is 5.92. The first-order valence-electron chi connectivity index (χ1n) is 8.17. The number of rotatable bonds is 7. The van der Waals surface area contributed by atoms with E-state index in [0.29, 0.717) is 22.6 Å². The zero-order valence-electron chi connectivity index (χ0n) is 13.9. The molecule has 0 aromatic heterocycles. The number of benzene rings is 3. The number of hydrogen-bond donors (Lipinski definition) is 1. The van der Waals surface area contributed by atoms with E-state index < -0.39 is 11.6 Å². The van der Waals surface area contributed by atoms with Gasteiger partial charge < -0.3 is 14.6 Å². The summed E-state index contributed by atoms with van der Waals surface area (Å²) in [5.74, 6) is -0.707. The molecular weight excluding hydrogens is 352 g/mol. The summed E-state index contributed by atoms with van der Waals surface area (Å²) in [5.41, 5.74) is -1.25. The zero-order chi connectivity index (χ0) is 18.6. The highest BCUT2D eigenvalue weighted by atomic mass is 35.5. The van der Waals surface area contributed by atoms with Gasteiger partial charge in [0.05, 0.1) is 0 Å². The number of carbonyl (C=O) groups excluding carboxylic acids is 1. The lowest BCUT2D eigenvalue weighted by Gasteiger charge is -2.31. The monoisotopic (exact) mass is 368 g/mol. The van der Waals surface area contributed by atoms with E-state index in [0.717, 1.165) is 10.8 Å². The first kappa shape index (κ1) is 18.0. The predicted octanol–water partition coefficient (Wildman–Crippen LogP) is 4.83. The predicted molar refractivity (Wildman–Crippen MR) is 101 cm³/mol. The van der Waals surface area contributed by atoms with Gasteiger partial charge in [-0.25, -0.2) is 4.79 Å². The van der Waals surface area contributed by atoms with Crippen LogP contribution in [0.25, 0.3) is 10.8 Å². The number of carboxylic acid groups (broad SMARTS) is 1. The molecule has 132 valence electrons. The largest absolute Gasteiger partial charge is 0.478 e. The van der Waals surface area contributed by atoms with Crippen LogP contribution >= 0.6 is 11.6 Å². The molecule has 0 fully saturated rings. The molecule has 0 aliphatic heterocycles. The van der Waals surface area contributed by atoms with Crippen LogP contribution in [0.4, 0.5) is 0 Å². The van der Waals surface area contributed by atoms with E-state index in [-0.39, 0.29) is 12.8 Å². The standard InChI is InChI=1S/C21H17ClO4/c22-17-11-9-16(10-12-17)21(20(24)25,13-4-14-23)26-19-8-3-6-15-5-1-2-7-18(15)19/h1-3,5-12,14H,4,13H2,(H,24,25). The number of ether oxygens (including phenoxy) is 1. The molecular formula is C21H17ClO4. The Morgan fingerprint density at radius 3 is 2.42 bits per heavy atom. The summed E-state index contributed by atoms with van der Waals surface area (Å²) >= 11 is 5.94. The molecule has 0 spiro atoms. The van der Waals surface area contributed by atoms with Gasteiger partial charge in [0, 0.05) is 28.8 Å². The molecule has 3 aromatic carbocycles. The van der Waals surface area contributed by atoms with Crippen molar-refractivity contribution < 1.29 is 19.4 Å². The first-order chi connectivity index (χ1) is 12.6. The third-order valence-electron chi connectivity index (χ3n) is 4.30. The highest BCUT2D eigenvalue weighted by molar-refractivity contribution is 6.30. The molecule has 0 saturated carbocycles. The number of aldehydes is 1. The van der Waals surface area contributed by atoms with Crippen molar-refractivity contribution in [2.24, 2.45) is 0 Å². The van der Waals surface area contributed by atoms with Crippen LogP contribution in [-0.2, 0) is 15.2 Å². The van der Waals surface area contributed by atoms with E-state index in [1.807, 2.05) is 36.4 Å². The van der Waals surface area contributed by atoms with E-state index in [4.69, 9.17) is 16.3 Å². The highest BCUT2D eigenvalue weighted by Gasteiger charge is 2.43. The maximum absolute atomic E-state index is 12.3. The van der Waals surface area contributed by atoms with Gasteiger partial charge in [-0.2, -0.15) is 0 Å². The van der Waals surface area contributed by atoms with Crippen LogP contribution in [0.5, 0.6) is 5.75 Å². The van der Waals surface area contributed by atoms with Gasteiger partial charge in [0.25, 0.3) is 0 Å². The van der Waals surface area contributed by atoms with Gasteiger partial charge in [-0.15, -0.1) is 0 Å². The fourth-order valence-electron chi connectivity index (χ4n) is 2.98. The van der Waals surface area contributed by atoms with Crippen LogP contribution in [-0.4, -0.2) is 17.4 Å². The number of carbonyl (C=O) groups is 2. The van der Waals surface area contributed by atoms with E-state index in [2.05, 4.69) is 0 Å². The third kappa shape index (κ3) is 3.41. The van der Waals surface area contributed by atoms with Crippen molar-refractivity contribution in [2.75, 3.05) is 0 Å². The van der Waals surface area contributed by atoms with Gasteiger partial charge in [-0.3, -0.25) is 0 Å². The van der Waals surface area contributed by atoms with E-state index >= 15 is 0 Å². The van der Waals surface area contributed by atoms with Crippen LogP contribution in [0.3, 0.4) is 0 Å². The Kier molecular flexibility index (Phi) is 5.24. The minimum absolute atomic E-state index is 0.0106. The highest BCUT2D eigenvalue weighted by Crippen LogP contribution is 2.37. The minimum atomic E-state index is -1.68. The Hall–Kier alpha value is -2.85. The smallest absolute Gasteiger partial charge is 0.352 e. The van der Waals surface area contributed by atoms with Crippen LogP contribution in [0.1, 0.15) is 18.4 Å². The molecule has 0 bridgehead atoms. The summed E-state index contributed by atoms with van der Waals surface area (Å²) in [6, 6.07) is 19.5. The molecule has 0 amide bonds. The van der Waals surface area contributed by atoms with Crippen LogP contribution in [0.2, 0.25) is 5.02 Å². The quantitative estimate of drug-likeness (QED) is 0.606. The third-order valence-corrected chi connectivity index (χ3v) is 4.56. The average Bonchev–Trinajstić information content (AvgIpc) is 2.66. The Morgan fingerprint density at radius 2 is 1.73 bits per heavy atom. The second kappa shape index (κ2) is 7.58. The molecule has 1 unspecified atom stereocenters. The summed E-state index contributed by atoms with van der Waals surface area (Å²) < 4.78 is 6.10. The first-order valence-corrected chi connectivity index (χ1v) is 8.54. The number of fused-ring (bicyclic) bond motifs is 1. The molecule has 1 N–H and O–H groups in total. The van der Waals surface area contributed by atoms with E-state index in [9.17, 15) is 14.7 Å². The molecule has 0 aliphatic rings. The van der Waals surface area contributed by atoms with Gasteiger partial charge in [-0.05, 0) is 23.6 Å². The van der Waals surface area contributed by atoms with Gasteiger partial charge >= 0.3 is 5.97 Å². The maximum atomic E-state index is 12.3. The topological polar surface area (TPSA) is 63.6 Å². The van der Waals surface area contributed by atoms with Gasteiger partial charge in [0.1, 0.15) is 12.0 Å². The Morgan fingerprint density at radius 1 is 1.04 bits per heavy atom. The van der Waals surface area contributed by atoms with Crippen LogP contribution < -0.4 is 4.74 Å². The van der Waals surface area contributed by atoms with Crippen LogP contribution in [0, 0.1) is 0 Å². The fourth-order valence-corrected chi connectivity index (χ4v) is 3.11. The molecule has 5 heteroatoms. The molecule has 0 saturated heterocycles. The molecule has 26 heavy (non-hydrogen) atoms. The fraction of sp³-hybridized carbons (Fsp3) is 0.143. The normalized spacial score (nSPS) is 13.1. The number of hydrogen-bond acceptors (Lipinski definition) is 3. The van der Waals surface area contributed by atoms with Crippen molar-refractivity contribution >= 4 is 34.6 Å². The molecule has 0 radical (unpaired) electrons. The SMILES string of the molecule is O=CCCC(Oc1cccc2ccccc12)(C(=O)O)c1ccc(Cl)cc1. The molecule has 0 heterocycles. The van der Waals surface area contributed by atoms with Gasteiger partial charge in [0.2, 0.25) is 5.60 Å². The van der Waals surface area contributed by atoms with E-state index in [1.165, 1.54) is 0 Å². The Balaban J connectivity index is 2.14. The second-order valence-corrected chi connectivity index (χ2v) is 6.36. The van der Waals surface area contributed by atoms with Crippen molar-refractivity contribution in [1.82, 2.24) is 0 Å². The zero-order valence-corrected chi connectivity index (χ0v) is 14.6. The van der Waals surface area contributed by atoms with Gasteiger partial charge in [-0.1, -0.05) is 60.1 Å². The lowest BCUT2D eigenvalue weighted by molar-refractivity contribution is -0.157. The minimum Gasteiger partial charge on any atom is -0.478 e. The van der Waals surface area contributed by atoms with Crippen molar-refractivity contribution in [3.05, 3.63) is 77.3 Å². The molecule has 0 aliphatic carbocycles. The van der Waals surface area contributed by atoms with Crippen molar-refractivity contribution in [1.29, 1.82) is 0 Å². The number of carboxylic acids is 1. The van der Waals surface area contributed by atoms with Crippen molar-refractivity contribution in [3.63, 3.8) is 0 Å². The molecule has 3 aromatic rings. The van der Waals surface area contributed by atoms with Gasteiger partial charge in [0.15, 0.2) is 0 Å².